The van der Waals surface area contributed by atoms with Crippen molar-refractivity contribution in [2.24, 2.45) is 5.73 Å². The SMILES string of the molecule is NCCCCC(=O)N1CCN(C(=O)OCC2c3ccccc3-c3ccccc32)CCN(C(=O)OCC2c3ccccc3-c3ccccc32)CCN(C(=O)OCC2c3ccccc3-c3ccccc32)CC1. The first kappa shape index (κ1) is 46.3. The highest BCUT2D eigenvalue weighted by atomic mass is 16.6. The molecule has 1 saturated heterocycles. The number of carbonyl (C=O) groups is 4. The van der Waals surface area contributed by atoms with Gasteiger partial charge in [-0.25, -0.2) is 14.4 Å². The van der Waals surface area contributed by atoms with E-state index >= 15 is 0 Å². The first-order chi connectivity index (χ1) is 34.4. The van der Waals surface area contributed by atoms with Crippen LogP contribution in [0.5, 0.6) is 0 Å². The van der Waals surface area contributed by atoms with Crippen LogP contribution in [0.3, 0.4) is 0 Å². The van der Waals surface area contributed by atoms with Crippen molar-refractivity contribution in [2.75, 3.05) is 78.7 Å². The maximum atomic E-state index is 14.5. The standard InChI is InChI=1S/C58H59N5O7/c59-28-14-13-27-55(64)60-29-31-61(56(65)68-37-52-46-21-7-1-15-40(46)41-16-2-8-22-47(41)52)33-35-63(58(67)70-39-54-50-25-11-5-19-44(50)45-20-6-12-26-51(45)54)36-34-62(32-30-60)57(66)69-38-53-48-23-9-3-17-42(48)43-18-4-10-24-49(43)53/h1-12,15-26,52-54H,13-14,27-39,59H2. The summed E-state index contributed by atoms with van der Waals surface area (Å²) in [6.45, 7) is 1.85. The lowest BCUT2D eigenvalue weighted by Crippen LogP contribution is -2.51. The van der Waals surface area contributed by atoms with Crippen molar-refractivity contribution in [3.63, 3.8) is 0 Å². The molecule has 0 aromatic heterocycles. The van der Waals surface area contributed by atoms with Crippen LogP contribution < -0.4 is 5.73 Å². The van der Waals surface area contributed by atoms with Crippen LogP contribution in [-0.2, 0) is 19.0 Å². The molecule has 12 heteroatoms. The van der Waals surface area contributed by atoms with Crippen LogP contribution in [0.25, 0.3) is 33.4 Å². The van der Waals surface area contributed by atoms with E-state index < -0.39 is 18.3 Å². The van der Waals surface area contributed by atoms with Gasteiger partial charge < -0.3 is 39.5 Å². The molecule has 3 aliphatic carbocycles. The minimum Gasteiger partial charge on any atom is -0.448 e. The van der Waals surface area contributed by atoms with Gasteiger partial charge in [-0.1, -0.05) is 146 Å². The predicted octanol–water partition coefficient (Wildman–Crippen LogP) is 9.71. The van der Waals surface area contributed by atoms with Gasteiger partial charge >= 0.3 is 18.3 Å². The maximum absolute atomic E-state index is 14.5. The summed E-state index contributed by atoms with van der Waals surface area (Å²) in [6, 6.07) is 49.2. The second-order valence-electron chi connectivity index (χ2n) is 18.5. The van der Waals surface area contributed by atoms with Gasteiger partial charge in [-0.15, -0.1) is 0 Å². The van der Waals surface area contributed by atoms with Crippen LogP contribution in [0.4, 0.5) is 14.4 Å². The van der Waals surface area contributed by atoms with Gasteiger partial charge in [0, 0.05) is 76.5 Å². The van der Waals surface area contributed by atoms with Crippen LogP contribution in [0.2, 0.25) is 0 Å². The summed E-state index contributed by atoms with van der Waals surface area (Å²) in [7, 11) is 0. The summed E-state index contributed by atoms with van der Waals surface area (Å²) >= 11 is 0. The Hall–Kier alpha value is -7.44. The van der Waals surface area contributed by atoms with E-state index in [1.807, 2.05) is 72.8 Å². The molecule has 0 unspecified atom stereocenters. The molecular formula is C58H59N5O7. The zero-order valence-corrected chi connectivity index (χ0v) is 39.4. The molecule has 2 N–H and O–H groups in total. The summed E-state index contributed by atoms with van der Waals surface area (Å²) in [4.78, 5) is 63.5. The Morgan fingerprint density at radius 2 is 0.614 bits per heavy atom. The van der Waals surface area contributed by atoms with E-state index in [0.717, 1.165) is 66.8 Å². The summed E-state index contributed by atoms with van der Waals surface area (Å²) < 4.78 is 18.6. The average Bonchev–Trinajstić information content (AvgIpc) is 4.02. The lowest BCUT2D eigenvalue weighted by molar-refractivity contribution is -0.131. The van der Waals surface area contributed by atoms with Crippen LogP contribution in [0.1, 0.15) is 70.4 Å². The van der Waals surface area contributed by atoms with Crippen molar-refractivity contribution in [1.82, 2.24) is 19.6 Å². The van der Waals surface area contributed by atoms with E-state index in [0.29, 0.717) is 19.4 Å². The number of benzene rings is 6. The Morgan fingerprint density at radius 1 is 0.371 bits per heavy atom. The third-order valence-electron chi connectivity index (χ3n) is 14.5. The Labute approximate surface area is 409 Å². The van der Waals surface area contributed by atoms with Crippen LogP contribution in [-0.4, -0.2) is 123 Å². The number of hydrogen-bond donors (Lipinski definition) is 1. The highest BCUT2D eigenvalue weighted by Crippen LogP contribution is 2.47. The molecule has 1 aliphatic heterocycles. The lowest BCUT2D eigenvalue weighted by atomic mass is 9.98. The van der Waals surface area contributed by atoms with Gasteiger partial charge in [0.15, 0.2) is 0 Å². The number of rotatable bonds is 10. The summed E-state index contributed by atoms with van der Waals surface area (Å²) in [5.41, 5.74) is 19.1. The highest BCUT2D eigenvalue weighted by Gasteiger charge is 2.34. The first-order valence-electron chi connectivity index (χ1n) is 24.7. The second kappa shape index (κ2) is 21.1. The largest absolute Gasteiger partial charge is 0.448 e. The molecule has 0 bridgehead atoms. The molecular weight excluding hydrogens is 879 g/mol. The van der Waals surface area contributed by atoms with Gasteiger partial charge in [-0.05, 0) is 86.1 Å². The molecule has 6 aromatic carbocycles. The molecule has 10 rings (SSSR count). The number of nitrogens with two attached hydrogens (primary N) is 1. The number of hydrogen-bond acceptors (Lipinski definition) is 8. The molecule has 0 atom stereocenters. The number of unbranched alkanes of at least 4 members (excludes halogenated alkanes) is 1. The van der Waals surface area contributed by atoms with Gasteiger partial charge in [0.2, 0.25) is 5.91 Å². The van der Waals surface area contributed by atoms with Crippen LogP contribution in [0.15, 0.2) is 146 Å². The molecule has 12 nitrogen and oxygen atoms in total. The van der Waals surface area contributed by atoms with Crippen molar-refractivity contribution in [3.05, 3.63) is 179 Å². The lowest BCUT2D eigenvalue weighted by Gasteiger charge is -2.34. The minimum atomic E-state index is -0.560. The first-order valence-corrected chi connectivity index (χ1v) is 24.7. The summed E-state index contributed by atoms with van der Waals surface area (Å²) in [5, 5.41) is 0. The topological polar surface area (TPSA) is 135 Å². The number of carbonyl (C=O) groups excluding carboxylic acids is 4. The van der Waals surface area contributed by atoms with Crippen molar-refractivity contribution >= 4 is 24.2 Å². The number of fused-ring (bicyclic) bond motifs is 9. The van der Waals surface area contributed by atoms with Gasteiger partial charge in [0.05, 0.1) is 0 Å². The summed E-state index contributed by atoms with van der Waals surface area (Å²) in [5.74, 6) is -0.547. The second-order valence-corrected chi connectivity index (χ2v) is 18.5. The summed E-state index contributed by atoms with van der Waals surface area (Å²) in [6.07, 6.45) is -0.0428. The predicted molar refractivity (Wildman–Crippen MR) is 269 cm³/mol. The van der Waals surface area contributed by atoms with E-state index in [9.17, 15) is 19.2 Å². The monoisotopic (exact) mass is 937 g/mol. The van der Waals surface area contributed by atoms with Gasteiger partial charge in [0.25, 0.3) is 0 Å². The number of nitrogens with zero attached hydrogens (tertiary/aromatic N) is 4. The maximum Gasteiger partial charge on any atom is 0.409 e. The Balaban J connectivity index is 0.894. The van der Waals surface area contributed by atoms with Crippen molar-refractivity contribution < 1.29 is 33.4 Å². The molecule has 1 heterocycles. The molecule has 0 spiro atoms. The van der Waals surface area contributed by atoms with E-state index in [2.05, 4.69) is 72.8 Å². The van der Waals surface area contributed by atoms with E-state index in [-0.39, 0.29) is 102 Å². The Bertz CT molecular complexity index is 2620. The normalized spacial score (nSPS) is 15.7. The molecule has 4 amide bonds. The minimum absolute atomic E-state index is 0.0871. The van der Waals surface area contributed by atoms with Gasteiger partial charge in [-0.3, -0.25) is 4.79 Å². The Morgan fingerprint density at radius 3 is 0.871 bits per heavy atom. The molecule has 0 saturated carbocycles. The van der Waals surface area contributed by atoms with Crippen molar-refractivity contribution in [1.29, 1.82) is 0 Å². The van der Waals surface area contributed by atoms with Gasteiger partial charge in [-0.2, -0.15) is 0 Å². The zero-order valence-electron chi connectivity index (χ0n) is 39.4. The fraction of sp³-hybridized carbons (Fsp3) is 0.310. The Kier molecular flexibility index (Phi) is 13.9. The third-order valence-corrected chi connectivity index (χ3v) is 14.5. The third kappa shape index (κ3) is 9.48. The van der Waals surface area contributed by atoms with E-state index in [4.69, 9.17) is 19.9 Å². The molecule has 70 heavy (non-hydrogen) atoms. The molecule has 1 fully saturated rings. The van der Waals surface area contributed by atoms with E-state index in [1.54, 1.807) is 19.6 Å². The fourth-order valence-electron chi connectivity index (χ4n) is 10.8. The number of ether oxygens (including phenoxy) is 3. The quantitative estimate of drug-likeness (QED) is 0.106. The van der Waals surface area contributed by atoms with Crippen LogP contribution in [0, 0.1) is 0 Å². The highest BCUT2D eigenvalue weighted by molar-refractivity contribution is 5.82. The molecule has 0 radical (unpaired) electrons. The smallest absolute Gasteiger partial charge is 0.409 e. The van der Waals surface area contributed by atoms with Crippen LogP contribution >= 0.6 is 0 Å². The zero-order chi connectivity index (χ0) is 48.0. The van der Waals surface area contributed by atoms with Crippen molar-refractivity contribution in [3.8, 4) is 33.4 Å². The van der Waals surface area contributed by atoms with E-state index in [1.165, 1.54) is 0 Å². The number of amides is 4. The molecule has 4 aliphatic rings. The van der Waals surface area contributed by atoms with Gasteiger partial charge in [0.1, 0.15) is 19.8 Å². The fourth-order valence-corrected chi connectivity index (χ4v) is 10.8. The molecule has 358 valence electrons. The average molecular weight is 938 g/mol. The van der Waals surface area contributed by atoms with Crippen molar-refractivity contribution in [2.45, 2.75) is 37.0 Å². The molecule has 6 aromatic rings.